The number of carboxylic acid groups (broad SMARTS) is 1. The van der Waals surface area contributed by atoms with Crippen molar-refractivity contribution in [3.05, 3.63) is 0 Å². The quantitative estimate of drug-likeness (QED) is 0.608. The summed E-state index contributed by atoms with van der Waals surface area (Å²) in [6.45, 7) is 1.45. The highest BCUT2D eigenvalue weighted by molar-refractivity contribution is 5.91. The Kier molecular flexibility index (Phi) is 2.44. The number of hydrogen-bond donors (Lipinski definition) is 3. The molecule has 2 saturated carbocycles. The van der Waals surface area contributed by atoms with Crippen LogP contribution < -0.4 is 11.1 Å². The molecule has 2 aliphatic carbocycles. The molecule has 1 unspecified atom stereocenters. The molecule has 4 N–H and O–H groups in total. The maximum absolute atomic E-state index is 12.6. The normalized spacial score (nSPS) is 31.8. The smallest absolute Gasteiger partial charge is 0.327 e. The summed E-state index contributed by atoms with van der Waals surface area (Å²) in [5, 5.41) is 12.2. The van der Waals surface area contributed by atoms with E-state index in [-0.39, 0.29) is 11.4 Å². The molecule has 0 bridgehead atoms. The Hall–Kier alpha value is -1.14. The molecule has 0 radical (unpaired) electrons. The number of aliphatic carboxylic acids is 1. The van der Waals surface area contributed by atoms with Gasteiger partial charge in [0.15, 0.2) is 0 Å². The number of carbonyl (C=O) groups is 2. The van der Waals surface area contributed by atoms with Crippen molar-refractivity contribution in [2.24, 2.45) is 11.1 Å². The molecular weight excluding hydrogens is 234 g/mol. The van der Waals surface area contributed by atoms with Gasteiger partial charge >= 0.3 is 5.97 Å². The Morgan fingerprint density at radius 2 is 1.94 bits per heavy atom. The number of carboxylic acids is 1. The summed E-state index contributed by atoms with van der Waals surface area (Å²) < 4.78 is 0. The molecule has 1 heterocycles. The van der Waals surface area contributed by atoms with Crippen LogP contribution in [0.3, 0.4) is 0 Å². The van der Waals surface area contributed by atoms with Crippen molar-refractivity contribution < 1.29 is 14.7 Å². The van der Waals surface area contributed by atoms with Gasteiger partial charge in [-0.3, -0.25) is 4.79 Å². The first-order valence-corrected chi connectivity index (χ1v) is 6.54. The topological polar surface area (TPSA) is 95.7 Å². The summed E-state index contributed by atoms with van der Waals surface area (Å²) in [6.07, 6.45) is 3.42. The van der Waals surface area contributed by atoms with Crippen LogP contribution in [0.15, 0.2) is 0 Å². The number of amides is 1. The first-order chi connectivity index (χ1) is 8.50. The van der Waals surface area contributed by atoms with E-state index in [4.69, 9.17) is 5.73 Å². The summed E-state index contributed by atoms with van der Waals surface area (Å²) in [5.41, 5.74) is 5.41. The summed E-state index contributed by atoms with van der Waals surface area (Å²) in [4.78, 5) is 25.4. The largest absolute Gasteiger partial charge is 0.480 e. The van der Waals surface area contributed by atoms with Gasteiger partial charge in [0.25, 0.3) is 0 Å². The average molecular weight is 253 g/mol. The molecule has 1 atom stereocenters. The third-order valence-electron chi connectivity index (χ3n) is 4.69. The fraction of sp³-hybridized carbons (Fsp3) is 0.833. The van der Waals surface area contributed by atoms with Crippen molar-refractivity contribution in [1.29, 1.82) is 0 Å². The highest BCUT2D eigenvalue weighted by Crippen LogP contribution is 2.63. The van der Waals surface area contributed by atoms with E-state index in [1.165, 1.54) is 4.90 Å². The first kappa shape index (κ1) is 11.9. The second-order valence-electron chi connectivity index (χ2n) is 5.79. The van der Waals surface area contributed by atoms with Crippen LogP contribution in [-0.4, -0.2) is 53.1 Å². The third-order valence-corrected chi connectivity index (χ3v) is 4.69. The molecule has 0 aromatic rings. The monoisotopic (exact) mass is 253 g/mol. The van der Waals surface area contributed by atoms with E-state index in [2.05, 4.69) is 5.32 Å². The lowest BCUT2D eigenvalue weighted by Gasteiger charge is -2.37. The van der Waals surface area contributed by atoms with Crippen molar-refractivity contribution >= 4 is 11.9 Å². The molecule has 0 aromatic carbocycles. The summed E-state index contributed by atoms with van der Waals surface area (Å²) in [7, 11) is 0. The van der Waals surface area contributed by atoms with Crippen molar-refractivity contribution in [2.45, 2.75) is 37.3 Å². The lowest BCUT2D eigenvalue weighted by Crippen LogP contribution is -2.60. The minimum atomic E-state index is -0.937. The van der Waals surface area contributed by atoms with Crippen LogP contribution >= 0.6 is 0 Å². The Morgan fingerprint density at radius 1 is 1.28 bits per heavy atom. The zero-order valence-corrected chi connectivity index (χ0v) is 10.3. The summed E-state index contributed by atoms with van der Waals surface area (Å²) >= 11 is 0. The van der Waals surface area contributed by atoms with Crippen LogP contribution in [-0.2, 0) is 9.59 Å². The van der Waals surface area contributed by atoms with Gasteiger partial charge in [0, 0.05) is 25.2 Å². The highest BCUT2D eigenvalue weighted by Gasteiger charge is 2.69. The van der Waals surface area contributed by atoms with Gasteiger partial charge in [-0.05, 0) is 25.7 Å². The lowest BCUT2D eigenvalue weighted by molar-refractivity contribution is -0.154. The second-order valence-corrected chi connectivity index (χ2v) is 5.79. The minimum Gasteiger partial charge on any atom is -0.480 e. The summed E-state index contributed by atoms with van der Waals surface area (Å²) in [6, 6.07) is -0.744. The number of hydrogen-bond acceptors (Lipinski definition) is 4. The van der Waals surface area contributed by atoms with Gasteiger partial charge in [-0.15, -0.1) is 0 Å². The molecule has 3 aliphatic rings. The van der Waals surface area contributed by atoms with Crippen molar-refractivity contribution in [2.75, 3.05) is 19.6 Å². The molecule has 6 nitrogen and oxygen atoms in total. The van der Waals surface area contributed by atoms with Crippen LogP contribution in [0.4, 0.5) is 0 Å². The molecule has 100 valence electrons. The Morgan fingerprint density at radius 3 is 2.44 bits per heavy atom. The van der Waals surface area contributed by atoms with Gasteiger partial charge in [-0.25, -0.2) is 4.79 Å². The van der Waals surface area contributed by atoms with E-state index in [0.717, 1.165) is 25.7 Å². The van der Waals surface area contributed by atoms with Crippen molar-refractivity contribution in [3.8, 4) is 0 Å². The second kappa shape index (κ2) is 3.68. The SMILES string of the molecule is NC1(C2(C(=O)N3CCNCC3C(=O)O)CC2)CC1. The third kappa shape index (κ3) is 1.55. The fourth-order valence-electron chi connectivity index (χ4n) is 3.11. The number of nitrogens with two attached hydrogens (primary N) is 1. The Balaban J connectivity index is 1.81. The molecule has 1 amide bonds. The summed E-state index contributed by atoms with van der Waals surface area (Å²) in [5.74, 6) is -0.968. The number of rotatable bonds is 3. The molecular formula is C12H19N3O3. The maximum atomic E-state index is 12.6. The minimum absolute atomic E-state index is 0.0311. The van der Waals surface area contributed by atoms with Gasteiger partial charge in [0.1, 0.15) is 6.04 Å². The first-order valence-electron chi connectivity index (χ1n) is 6.54. The van der Waals surface area contributed by atoms with E-state index in [0.29, 0.717) is 19.6 Å². The number of nitrogens with zero attached hydrogens (tertiary/aromatic N) is 1. The molecule has 3 rings (SSSR count). The van der Waals surface area contributed by atoms with Gasteiger partial charge in [0.05, 0.1) is 5.41 Å². The van der Waals surface area contributed by atoms with Crippen LogP contribution in [0.2, 0.25) is 0 Å². The molecule has 0 aromatic heterocycles. The number of piperazine rings is 1. The molecule has 1 aliphatic heterocycles. The molecule has 0 spiro atoms. The van der Waals surface area contributed by atoms with E-state index >= 15 is 0 Å². The number of nitrogens with one attached hydrogen (secondary N) is 1. The predicted octanol–water partition coefficient (Wildman–Crippen LogP) is -0.857. The van der Waals surface area contributed by atoms with Crippen LogP contribution in [0.5, 0.6) is 0 Å². The van der Waals surface area contributed by atoms with E-state index in [1.807, 2.05) is 0 Å². The van der Waals surface area contributed by atoms with Crippen molar-refractivity contribution in [1.82, 2.24) is 10.2 Å². The van der Waals surface area contributed by atoms with Gasteiger partial charge in [0.2, 0.25) is 5.91 Å². The Bertz CT molecular complexity index is 401. The highest BCUT2D eigenvalue weighted by atomic mass is 16.4. The van der Waals surface area contributed by atoms with E-state index < -0.39 is 17.4 Å². The van der Waals surface area contributed by atoms with E-state index in [1.54, 1.807) is 0 Å². The van der Waals surface area contributed by atoms with Gasteiger partial charge < -0.3 is 21.1 Å². The number of carbonyl (C=O) groups excluding carboxylic acids is 1. The average Bonchev–Trinajstić information content (AvgIpc) is 3.23. The van der Waals surface area contributed by atoms with Crippen LogP contribution in [0.25, 0.3) is 0 Å². The lowest BCUT2D eigenvalue weighted by atomic mass is 9.91. The molecule has 6 heteroatoms. The molecule has 18 heavy (non-hydrogen) atoms. The van der Waals surface area contributed by atoms with Crippen molar-refractivity contribution in [3.63, 3.8) is 0 Å². The predicted molar refractivity (Wildman–Crippen MR) is 63.8 cm³/mol. The standard InChI is InChI=1S/C12H19N3O3/c13-12(3-4-12)11(1-2-11)10(18)15-6-5-14-7-8(15)9(16)17/h8,14H,1-7,13H2,(H,16,17). The fourth-order valence-corrected chi connectivity index (χ4v) is 3.11. The van der Waals surface area contributed by atoms with Crippen LogP contribution in [0.1, 0.15) is 25.7 Å². The zero-order chi connectivity index (χ0) is 13.0. The van der Waals surface area contributed by atoms with E-state index in [9.17, 15) is 14.7 Å². The van der Waals surface area contributed by atoms with Gasteiger partial charge in [-0.2, -0.15) is 0 Å². The molecule has 3 fully saturated rings. The Labute approximate surface area is 106 Å². The zero-order valence-electron chi connectivity index (χ0n) is 10.3. The van der Waals surface area contributed by atoms with Gasteiger partial charge in [-0.1, -0.05) is 0 Å². The van der Waals surface area contributed by atoms with Crippen LogP contribution in [0, 0.1) is 5.41 Å². The molecule has 1 saturated heterocycles. The maximum Gasteiger partial charge on any atom is 0.327 e.